The summed E-state index contributed by atoms with van der Waals surface area (Å²) in [5, 5.41) is 8.45. The van der Waals surface area contributed by atoms with Gasteiger partial charge in [-0.2, -0.15) is 5.26 Å². The minimum Gasteiger partial charge on any atom is -0.479 e. The highest BCUT2D eigenvalue weighted by Crippen LogP contribution is 2.21. The van der Waals surface area contributed by atoms with Crippen LogP contribution in [-0.2, 0) is 10.0 Å². The molecule has 23 heavy (non-hydrogen) atoms. The number of benzene rings is 2. The highest BCUT2D eigenvalue weighted by molar-refractivity contribution is 7.92. The molecule has 0 aromatic heterocycles. The zero-order chi connectivity index (χ0) is 16.9. The molecule has 0 saturated carbocycles. The van der Waals surface area contributed by atoms with Gasteiger partial charge >= 0.3 is 0 Å². The molecule has 0 aliphatic rings. The quantitative estimate of drug-likeness (QED) is 0.879. The average molecular weight is 330 g/mol. The molecular weight excluding hydrogens is 312 g/mol. The van der Waals surface area contributed by atoms with E-state index in [1.165, 1.54) is 0 Å². The highest BCUT2D eigenvalue weighted by atomic mass is 32.2. The largest absolute Gasteiger partial charge is 0.479 e. The number of nitrogens with one attached hydrogen (secondary N) is 1. The summed E-state index contributed by atoms with van der Waals surface area (Å²) in [6.07, 6.45) is 0. The first-order valence-corrected chi connectivity index (χ1v) is 8.63. The van der Waals surface area contributed by atoms with Crippen LogP contribution in [0.3, 0.4) is 0 Å². The Morgan fingerprint density at radius 3 is 2.22 bits per heavy atom. The van der Waals surface area contributed by atoms with E-state index in [0.717, 1.165) is 5.56 Å². The van der Waals surface area contributed by atoms with Gasteiger partial charge in [-0.3, -0.25) is 4.72 Å². The standard InChI is InChI=1S/C17H18N2O3S/c1-13(2)14-3-9-17(10-4-14)23(20,21)19-15-5-7-16(8-6-15)22-12-11-18/h3-10,13,19H,12H2,1-2H3. The van der Waals surface area contributed by atoms with Crippen LogP contribution in [0.2, 0.25) is 0 Å². The molecule has 0 fully saturated rings. The monoisotopic (exact) mass is 330 g/mol. The number of hydrogen-bond acceptors (Lipinski definition) is 4. The van der Waals surface area contributed by atoms with Crippen molar-refractivity contribution in [3.63, 3.8) is 0 Å². The minimum atomic E-state index is -3.63. The van der Waals surface area contributed by atoms with E-state index >= 15 is 0 Å². The second-order valence-corrected chi connectivity index (χ2v) is 6.98. The third-order valence-electron chi connectivity index (χ3n) is 3.27. The van der Waals surface area contributed by atoms with E-state index in [2.05, 4.69) is 18.6 Å². The summed E-state index contributed by atoms with van der Waals surface area (Å²) in [7, 11) is -3.63. The lowest BCUT2D eigenvalue weighted by Gasteiger charge is -2.10. The summed E-state index contributed by atoms with van der Waals surface area (Å²) in [5.41, 5.74) is 1.52. The Kier molecular flexibility index (Phi) is 5.24. The van der Waals surface area contributed by atoms with Crippen molar-refractivity contribution in [1.29, 1.82) is 5.26 Å². The topological polar surface area (TPSA) is 79.2 Å². The predicted molar refractivity (Wildman–Crippen MR) is 88.9 cm³/mol. The van der Waals surface area contributed by atoms with Crippen molar-refractivity contribution in [2.75, 3.05) is 11.3 Å². The Balaban J connectivity index is 2.13. The zero-order valence-corrected chi connectivity index (χ0v) is 13.8. The van der Waals surface area contributed by atoms with Gasteiger partial charge in [-0.05, 0) is 47.9 Å². The second kappa shape index (κ2) is 7.16. The molecule has 120 valence electrons. The van der Waals surface area contributed by atoms with Gasteiger partial charge in [-0.25, -0.2) is 8.42 Å². The molecule has 0 atom stereocenters. The minimum absolute atomic E-state index is 0.0483. The predicted octanol–water partition coefficient (Wildman–Crippen LogP) is 3.51. The van der Waals surface area contributed by atoms with Crippen molar-refractivity contribution in [3.8, 4) is 11.8 Å². The van der Waals surface area contributed by atoms with E-state index in [4.69, 9.17) is 10.00 Å². The zero-order valence-electron chi connectivity index (χ0n) is 13.0. The van der Waals surface area contributed by atoms with Crippen LogP contribution in [0.1, 0.15) is 25.3 Å². The molecular formula is C17H18N2O3S. The fraction of sp³-hybridized carbons (Fsp3) is 0.235. The van der Waals surface area contributed by atoms with Crippen molar-refractivity contribution >= 4 is 15.7 Å². The Hall–Kier alpha value is -2.52. The van der Waals surface area contributed by atoms with E-state index in [9.17, 15) is 8.42 Å². The van der Waals surface area contributed by atoms with Gasteiger partial charge in [0.1, 0.15) is 11.8 Å². The number of sulfonamides is 1. The molecule has 0 radical (unpaired) electrons. The Morgan fingerprint density at radius 2 is 1.70 bits per heavy atom. The van der Waals surface area contributed by atoms with Crippen LogP contribution in [0.15, 0.2) is 53.4 Å². The van der Waals surface area contributed by atoms with Gasteiger partial charge in [-0.1, -0.05) is 26.0 Å². The first kappa shape index (κ1) is 16.8. The molecule has 2 aromatic carbocycles. The maximum absolute atomic E-state index is 12.4. The number of nitrogens with zero attached hydrogens (tertiary/aromatic N) is 1. The third-order valence-corrected chi connectivity index (χ3v) is 4.66. The van der Waals surface area contributed by atoms with Gasteiger partial charge in [0.15, 0.2) is 6.61 Å². The molecule has 5 nitrogen and oxygen atoms in total. The van der Waals surface area contributed by atoms with E-state index in [1.54, 1.807) is 36.4 Å². The average Bonchev–Trinajstić information content (AvgIpc) is 2.54. The van der Waals surface area contributed by atoms with Gasteiger partial charge in [0.2, 0.25) is 0 Å². The van der Waals surface area contributed by atoms with Gasteiger partial charge in [0.05, 0.1) is 4.90 Å². The first-order chi connectivity index (χ1) is 10.9. The van der Waals surface area contributed by atoms with Crippen molar-refractivity contribution in [1.82, 2.24) is 0 Å². The molecule has 2 rings (SSSR count). The summed E-state index contributed by atoms with van der Waals surface area (Å²) < 4.78 is 32.3. The maximum Gasteiger partial charge on any atom is 0.261 e. The summed E-state index contributed by atoms with van der Waals surface area (Å²) >= 11 is 0. The van der Waals surface area contributed by atoms with E-state index in [1.807, 2.05) is 18.2 Å². The van der Waals surface area contributed by atoms with Crippen LogP contribution in [0.4, 0.5) is 5.69 Å². The summed E-state index contributed by atoms with van der Waals surface area (Å²) in [4.78, 5) is 0.215. The van der Waals surface area contributed by atoms with Gasteiger partial charge in [0, 0.05) is 5.69 Å². The lowest BCUT2D eigenvalue weighted by Crippen LogP contribution is -2.13. The van der Waals surface area contributed by atoms with Gasteiger partial charge < -0.3 is 4.74 Å². The van der Waals surface area contributed by atoms with Crippen LogP contribution in [0.25, 0.3) is 0 Å². The lowest BCUT2D eigenvalue weighted by atomic mass is 10.0. The highest BCUT2D eigenvalue weighted by Gasteiger charge is 2.14. The summed E-state index contributed by atoms with van der Waals surface area (Å²) in [5.74, 6) is 0.858. The van der Waals surface area contributed by atoms with Crippen molar-refractivity contribution in [2.45, 2.75) is 24.7 Å². The molecule has 6 heteroatoms. The second-order valence-electron chi connectivity index (χ2n) is 5.30. The van der Waals surface area contributed by atoms with Crippen molar-refractivity contribution < 1.29 is 13.2 Å². The smallest absolute Gasteiger partial charge is 0.261 e. The van der Waals surface area contributed by atoms with E-state index < -0.39 is 10.0 Å². The van der Waals surface area contributed by atoms with E-state index in [-0.39, 0.29) is 11.5 Å². The normalized spacial score (nSPS) is 11.0. The van der Waals surface area contributed by atoms with E-state index in [0.29, 0.717) is 17.4 Å². The molecule has 0 saturated heterocycles. The molecule has 1 N–H and O–H groups in total. The van der Waals surface area contributed by atoms with Crippen LogP contribution in [0.5, 0.6) is 5.75 Å². The van der Waals surface area contributed by atoms with Gasteiger partial charge in [-0.15, -0.1) is 0 Å². The molecule has 0 bridgehead atoms. The number of hydrogen-bond donors (Lipinski definition) is 1. The van der Waals surface area contributed by atoms with Crippen molar-refractivity contribution in [2.24, 2.45) is 0 Å². The van der Waals surface area contributed by atoms with Crippen LogP contribution >= 0.6 is 0 Å². The Bertz CT molecular complexity index is 789. The molecule has 2 aromatic rings. The number of nitriles is 1. The van der Waals surface area contributed by atoms with Gasteiger partial charge in [0.25, 0.3) is 10.0 Å². The molecule has 0 spiro atoms. The van der Waals surface area contributed by atoms with Crippen LogP contribution < -0.4 is 9.46 Å². The third kappa shape index (κ3) is 4.47. The summed E-state index contributed by atoms with van der Waals surface area (Å²) in [6, 6.07) is 15.1. The van der Waals surface area contributed by atoms with Crippen molar-refractivity contribution in [3.05, 3.63) is 54.1 Å². The molecule has 0 heterocycles. The number of anilines is 1. The first-order valence-electron chi connectivity index (χ1n) is 7.15. The Labute approximate surface area is 136 Å². The molecule has 0 aliphatic heterocycles. The summed E-state index contributed by atoms with van der Waals surface area (Å²) in [6.45, 7) is 4.06. The van der Waals surface area contributed by atoms with Crippen LogP contribution in [-0.4, -0.2) is 15.0 Å². The lowest BCUT2D eigenvalue weighted by molar-refractivity contribution is 0.368. The molecule has 0 aliphatic carbocycles. The molecule has 0 amide bonds. The maximum atomic E-state index is 12.4. The fourth-order valence-electron chi connectivity index (χ4n) is 1.98. The fourth-order valence-corrected chi connectivity index (χ4v) is 3.04. The number of rotatable bonds is 6. The van der Waals surface area contributed by atoms with Crippen LogP contribution in [0, 0.1) is 11.3 Å². The SMILES string of the molecule is CC(C)c1ccc(S(=O)(=O)Nc2ccc(OCC#N)cc2)cc1. The Morgan fingerprint density at radius 1 is 1.09 bits per heavy atom. The molecule has 0 unspecified atom stereocenters. The number of ether oxygens (including phenoxy) is 1.